The molecule has 0 bridgehead atoms. The Kier molecular flexibility index (Phi) is 3.01. The van der Waals surface area contributed by atoms with Crippen LogP contribution in [-0.4, -0.2) is 19.2 Å². The summed E-state index contributed by atoms with van der Waals surface area (Å²) in [6.07, 6.45) is 2.68. The molecule has 0 aliphatic heterocycles. The van der Waals surface area contributed by atoms with Gasteiger partial charge in [-0.15, -0.1) is 0 Å². The van der Waals surface area contributed by atoms with Gasteiger partial charge in [-0.1, -0.05) is 12.1 Å². The summed E-state index contributed by atoms with van der Waals surface area (Å²) >= 11 is 0. The molecule has 0 spiro atoms. The van der Waals surface area contributed by atoms with Crippen molar-refractivity contribution in [3.8, 4) is 0 Å². The van der Waals surface area contributed by atoms with E-state index < -0.39 is 15.6 Å². The van der Waals surface area contributed by atoms with E-state index in [9.17, 15) is 8.42 Å². The van der Waals surface area contributed by atoms with E-state index in [1.54, 1.807) is 0 Å². The summed E-state index contributed by atoms with van der Waals surface area (Å²) in [6.45, 7) is 0. The number of hydrogen-bond acceptors (Lipinski definition) is 3. The Bertz CT molecular complexity index is 795. The van der Waals surface area contributed by atoms with Crippen LogP contribution in [0.1, 0.15) is 18.7 Å². The van der Waals surface area contributed by atoms with Gasteiger partial charge in [-0.05, 0) is 25.0 Å². The lowest BCUT2D eigenvalue weighted by atomic mass is 10.2. The fourth-order valence-electron chi connectivity index (χ4n) is 2.77. The highest BCUT2D eigenvalue weighted by Crippen LogP contribution is 2.52. The molecule has 1 heterocycles. The molecule has 1 saturated carbocycles. The fourth-order valence-corrected chi connectivity index (χ4v) is 2.94. The summed E-state index contributed by atoms with van der Waals surface area (Å²) in [4.78, 5) is 0. The first kappa shape index (κ1) is 14.0. The zero-order valence-corrected chi connectivity index (χ0v) is 13.0. The molecule has 21 heavy (non-hydrogen) atoms. The average Bonchev–Trinajstić information content (AvgIpc) is 3.12. The van der Waals surface area contributed by atoms with E-state index in [4.69, 9.17) is 0 Å². The second-order valence-corrected chi connectivity index (χ2v) is 7.10. The van der Waals surface area contributed by atoms with Crippen LogP contribution in [0.15, 0.2) is 34.0 Å². The molecule has 0 N–H and O–H groups in total. The van der Waals surface area contributed by atoms with E-state index in [-0.39, 0.29) is 0 Å². The van der Waals surface area contributed by atoms with Crippen LogP contribution < -0.4 is 4.57 Å². The molecule has 0 atom stereocenters. The highest BCUT2D eigenvalue weighted by molar-refractivity contribution is 7.89. The van der Waals surface area contributed by atoms with Crippen molar-refractivity contribution in [2.24, 2.45) is 23.8 Å². The Morgan fingerprint density at radius 1 is 1.33 bits per heavy atom. The number of aromatic nitrogens is 2. The van der Waals surface area contributed by atoms with Gasteiger partial charge >= 0.3 is 0 Å². The Hall–Kier alpha value is -1.96. The molecule has 3 rings (SSSR count). The van der Waals surface area contributed by atoms with Crippen LogP contribution in [0.4, 0.5) is 0 Å². The van der Waals surface area contributed by atoms with Crippen LogP contribution in [0, 0.1) is 0 Å². The summed E-state index contributed by atoms with van der Waals surface area (Å²) in [6, 6.07) is 8.08. The number of benzene rings is 1. The first-order valence-electron chi connectivity index (χ1n) is 6.62. The van der Waals surface area contributed by atoms with E-state index >= 15 is 0 Å². The monoisotopic (exact) mass is 307 g/mol. The van der Waals surface area contributed by atoms with Crippen molar-refractivity contribution in [3.63, 3.8) is 0 Å². The van der Waals surface area contributed by atoms with E-state index in [2.05, 4.69) is 24.3 Å². The van der Waals surface area contributed by atoms with Gasteiger partial charge in [0.15, 0.2) is 21.1 Å². The van der Waals surface area contributed by atoms with Crippen LogP contribution in [0.25, 0.3) is 16.5 Å². The quantitative estimate of drug-likeness (QED) is 0.489. The Balaban J connectivity index is 2.02. The fraction of sp³-hybridized carbons (Fsp3) is 0.462. The third-order valence-corrected chi connectivity index (χ3v) is 4.17. The number of nitrogens with zero attached hydrogens (tertiary/aromatic N) is 5. The molecule has 1 aliphatic rings. The molecular weight excluding hydrogens is 290 g/mol. The van der Waals surface area contributed by atoms with Gasteiger partial charge in [0.05, 0.1) is 19.6 Å². The van der Waals surface area contributed by atoms with Crippen molar-refractivity contribution in [3.05, 3.63) is 35.5 Å². The van der Waals surface area contributed by atoms with Gasteiger partial charge in [0.25, 0.3) is 5.82 Å². The highest BCUT2D eigenvalue weighted by Gasteiger charge is 2.50. The molecule has 0 amide bonds. The molecule has 2 aromatic rings. The van der Waals surface area contributed by atoms with Crippen molar-refractivity contribution in [1.82, 2.24) is 4.57 Å². The van der Waals surface area contributed by atoms with Crippen LogP contribution in [0.5, 0.6) is 0 Å². The van der Waals surface area contributed by atoms with Crippen molar-refractivity contribution in [2.45, 2.75) is 18.4 Å². The predicted octanol–water partition coefficient (Wildman–Crippen LogP) is 1.69. The summed E-state index contributed by atoms with van der Waals surface area (Å²) in [5.74, 6) is 1.01. The van der Waals surface area contributed by atoms with E-state index in [0.29, 0.717) is 0 Å². The van der Waals surface area contributed by atoms with Crippen molar-refractivity contribution in [1.29, 1.82) is 0 Å². The molecule has 112 valence electrons. The van der Waals surface area contributed by atoms with Gasteiger partial charge in [0.1, 0.15) is 0 Å². The summed E-state index contributed by atoms with van der Waals surface area (Å²) < 4.78 is 29.4. The molecule has 0 saturated heterocycles. The van der Waals surface area contributed by atoms with E-state index in [1.807, 2.05) is 38.4 Å². The van der Waals surface area contributed by atoms with Crippen molar-refractivity contribution < 1.29 is 13.0 Å². The van der Waals surface area contributed by atoms with Crippen LogP contribution in [0.3, 0.4) is 0 Å². The second kappa shape index (κ2) is 4.52. The van der Waals surface area contributed by atoms with Gasteiger partial charge in [-0.25, -0.2) is 17.6 Å². The topological polar surface area (TPSA) is 81.8 Å². The second-order valence-electron chi connectivity index (χ2n) is 5.47. The number of hydrogen-bond donors (Lipinski definition) is 0. The molecule has 1 aromatic heterocycles. The number of sulfonamides is 1. The van der Waals surface area contributed by atoms with E-state index in [1.165, 1.54) is 0 Å². The van der Waals surface area contributed by atoms with Crippen molar-refractivity contribution in [2.75, 3.05) is 6.26 Å². The number of rotatable bonds is 4. The molecule has 1 aromatic carbocycles. The molecule has 1 fully saturated rings. The maximum absolute atomic E-state index is 11.0. The van der Waals surface area contributed by atoms with Crippen LogP contribution >= 0.6 is 0 Å². The average molecular weight is 307 g/mol. The van der Waals surface area contributed by atoms with Crippen LogP contribution in [-0.2, 0) is 29.7 Å². The first-order valence-corrected chi connectivity index (χ1v) is 8.47. The normalized spacial score (nSPS) is 17.5. The van der Waals surface area contributed by atoms with Crippen molar-refractivity contribution >= 4 is 21.1 Å². The Morgan fingerprint density at radius 2 is 2.00 bits per heavy atom. The van der Waals surface area contributed by atoms with Gasteiger partial charge in [0, 0.05) is 6.26 Å². The first-order chi connectivity index (χ1) is 9.84. The number of imidazole rings is 1. The third kappa shape index (κ3) is 2.39. The number of fused-ring (bicyclic) bond motifs is 1. The lowest BCUT2D eigenvalue weighted by Gasteiger charge is -2.16. The minimum absolute atomic E-state index is 0.462. The smallest absolute Gasteiger partial charge is 0.263 e. The largest absolute Gasteiger partial charge is 0.362 e. The lowest BCUT2D eigenvalue weighted by Crippen LogP contribution is -2.37. The summed E-state index contributed by atoms with van der Waals surface area (Å²) in [7, 11) is 0.479. The summed E-state index contributed by atoms with van der Waals surface area (Å²) in [5.41, 5.74) is 5.93. The molecule has 0 radical (unpaired) electrons. The van der Waals surface area contributed by atoms with Gasteiger partial charge in [0.2, 0.25) is 0 Å². The lowest BCUT2D eigenvalue weighted by molar-refractivity contribution is -0.656. The highest BCUT2D eigenvalue weighted by atomic mass is 32.2. The molecule has 1 aliphatic carbocycles. The third-order valence-electron chi connectivity index (χ3n) is 3.80. The summed E-state index contributed by atoms with van der Waals surface area (Å²) in [5, 5.41) is 3.54. The minimum atomic E-state index is -3.49. The Labute approximate surface area is 123 Å². The molecular formula is C13H17N5O2S. The minimum Gasteiger partial charge on any atom is -0.362 e. The zero-order chi connectivity index (χ0) is 15.3. The maximum atomic E-state index is 11.0. The van der Waals surface area contributed by atoms with Crippen LogP contribution in [0.2, 0.25) is 0 Å². The number of para-hydroxylation sites is 2. The Morgan fingerprint density at radius 3 is 2.57 bits per heavy atom. The standard InChI is InChI=1S/C13H17N5O2S/c1-17-10-6-4-5-7-11(10)18(2)12(17)13(8-9-13)14-15-16-21(3,19)20/h4-7H,8-9H2,1-3H3. The zero-order valence-electron chi connectivity index (χ0n) is 12.2. The number of aryl methyl sites for hydroxylation is 2. The molecule has 7 nitrogen and oxygen atoms in total. The maximum Gasteiger partial charge on any atom is 0.263 e. The van der Waals surface area contributed by atoms with Gasteiger partial charge in [-0.2, -0.15) is 0 Å². The van der Waals surface area contributed by atoms with Gasteiger partial charge < -0.3 is 5.43 Å². The van der Waals surface area contributed by atoms with Gasteiger partial charge in [-0.3, -0.25) is 9.74 Å². The molecule has 0 unspecified atom stereocenters. The molecule has 8 heteroatoms. The van der Waals surface area contributed by atoms with E-state index in [0.717, 1.165) is 36.0 Å². The predicted molar refractivity (Wildman–Crippen MR) is 78.1 cm³/mol. The SMILES string of the molecule is Cn1c(C2([N-]/N=N/S(C)(=O)=O)CC2)[n+](C)c2ccccc21.